The summed E-state index contributed by atoms with van der Waals surface area (Å²) in [6, 6.07) is 0. The Labute approximate surface area is 132 Å². The first kappa shape index (κ1) is 23.0. The van der Waals surface area contributed by atoms with Crippen molar-refractivity contribution in [3.05, 3.63) is 0 Å². The molecule has 0 aromatic carbocycles. The zero-order valence-electron chi connectivity index (χ0n) is 9.55. The smallest absolute Gasteiger partial charge is 0.212 e. The molecule has 23 heavy (non-hydrogen) atoms. The van der Waals surface area contributed by atoms with Gasteiger partial charge in [0.1, 0.15) is 0 Å². The number of alkyl halides is 16. The lowest BCUT2D eigenvalue weighted by Gasteiger charge is -2.41. The SMILES string of the molecule is FC(F)(Cl)C(F)(F)C(F)(F)C(F)(Cl)C(F)(F)C(F)(F)C(F)(F)Cl. The second-order valence-corrected chi connectivity index (χ2v) is 5.34. The van der Waals surface area contributed by atoms with Gasteiger partial charge in [0, 0.05) is 0 Å². The molecule has 0 saturated carbocycles. The Kier molecular flexibility index (Phi) is 5.47. The highest BCUT2D eigenvalue weighted by Crippen LogP contribution is 2.63. The largest absolute Gasteiger partial charge is 0.391 e. The predicted octanol–water partition coefficient (Wildman–Crippen LogP) is 6.10. The van der Waals surface area contributed by atoms with Gasteiger partial charge in [-0.15, -0.1) is 0 Å². The molecule has 0 saturated heterocycles. The van der Waals surface area contributed by atoms with E-state index in [9.17, 15) is 57.1 Å². The third-order valence-corrected chi connectivity index (χ3v) is 3.24. The van der Waals surface area contributed by atoms with Crippen LogP contribution >= 0.6 is 34.8 Å². The summed E-state index contributed by atoms with van der Waals surface area (Å²) >= 11 is 10.5. The van der Waals surface area contributed by atoms with E-state index in [1.807, 2.05) is 0 Å². The van der Waals surface area contributed by atoms with Crippen molar-refractivity contribution in [1.82, 2.24) is 0 Å². The van der Waals surface area contributed by atoms with Crippen LogP contribution < -0.4 is 0 Å². The van der Waals surface area contributed by atoms with Gasteiger partial charge in [-0.3, -0.25) is 0 Å². The topological polar surface area (TPSA) is 0 Å². The Hall–Kier alpha value is -0.0400. The van der Waals surface area contributed by atoms with Gasteiger partial charge in [-0.1, -0.05) is 11.6 Å². The standard InChI is InChI=1S/C7Cl3F13/c8-1(11,2(12,13)4(16,17)6(9,20)21)3(14,15)5(18,19)7(10,22)23. The monoisotopic (exact) mass is 436 g/mol. The molecule has 0 fully saturated rings. The minimum atomic E-state index is -7.55. The molecular formula is C7Cl3F13. The molecule has 140 valence electrons. The maximum Gasteiger partial charge on any atom is 0.391 e. The molecule has 0 nitrogen and oxygen atoms in total. The highest BCUT2D eigenvalue weighted by Gasteiger charge is 2.91. The first-order valence-corrected chi connectivity index (χ1v) is 5.66. The summed E-state index contributed by atoms with van der Waals surface area (Å²) < 4.78 is 164. The van der Waals surface area contributed by atoms with Crippen molar-refractivity contribution < 1.29 is 57.1 Å². The summed E-state index contributed by atoms with van der Waals surface area (Å²) in [5.74, 6) is -29.7. The Morgan fingerprint density at radius 1 is 0.348 bits per heavy atom. The van der Waals surface area contributed by atoms with E-state index in [0.29, 0.717) is 0 Å². The van der Waals surface area contributed by atoms with E-state index >= 15 is 0 Å². The average molecular weight is 437 g/mol. The van der Waals surface area contributed by atoms with Crippen molar-refractivity contribution in [3.63, 3.8) is 0 Å². The summed E-state index contributed by atoms with van der Waals surface area (Å²) in [6.45, 7) is 0. The number of hydrogen-bond acceptors (Lipinski definition) is 0. The summed E-state index contributed by atoms with van der Waals surface area (Å²) in [6.07, 6.45) is 0. The van der Waals surface area contributed by atoms with Crippen LogP contribution in [0.4, 0.5) is 57.1 Å². The van der Waals surface area contributed by atoms with E-state index in [0.717, 1.165) is 0 Å². The molecule has 0 aromatic rings. The highest BCUT2D eigenvalue weighted by atomic mass is 35.5. The molecule has 0 aliphatic heterocycles. The van der Waals surface area contributed by atoms with Crippen molar-refractivity contribution in [1.29, 1.82) is 0 Å². The van der Waals surface area contributed by atoms with E-state index in [1.54, 1.807) is 0 Å². The molecule has 0 bridgehead atoms. The molecule has 16 heteroatoms. The Balaban J connectivity index is 6.37. The molecule has 0 N–H and O–H groups in total. The average Bonchev–Trinajstić information content (AvgIpc) is 2.24. The minimum absolute atomic E-state index is 3.47. The lowest BCUT2D eigenvalue weighted by atomic mass is 9.96. The van der Waals surface area contributed by atoms with Gasteiger partial charge in [-0.05, 0) is 23.2 Å². The van der Waals surface area contributed by atoms with Crippen molar-refractivity contribution in [2.75, 3.05) is 0 Å². The first-order chi connectivity index (χ1) is 9.50. The fraction of sp³-hybridized carbons (Fsp3) is 1.00. The van der Waals surface area contributed by atoms with Crippen molar-refractivity contribution in [2.45, 2.75) is 39.6 Å². The van der Waals surface area contributed by atoms with E-state index in [-0.39, 0.29) is 0 Å². The van der Waals surface area contributed by atoms with E-state index in [1.165, 1.54) is 0 Å². The molecular weight excluding hydrogens is 437 g/mol. The van der Waals surface area contributed by atoms with Gasteiger partial charge < -0.3 is 0 Å². The normalized spacial score (nSPS) is 16.7. The molecule has 0 spiro atoms. The van der Waals surface area contributed by atoms with Crippen LogP contribution in [-0.4, -0.2) is 39.6 Å². The molecule has 0 heterocycles. The lowest BCUT2D eigenvalue weighted by Crippen LogP contribution is -2.71. The van der Waals surface area contributed by atoms with Crippen LogP contribution in [0.5, 0.6) is 0 Å². The summed E-state index contributed by atoms with van der Waals surface area (Å²) in [4.78, 5) is 0. The van der Waals surface area contributed by atoms with Crippen LogP contribution in [0.15, 0.2) is 0 Å². The first-order valence-electron chi connectivity index (χ1n) is 4.52. The van der Waals surface area contributed by atoms with Crippen molar-refractivity contribution in [3.8, 4) is 0 Å². The second kappa shape index (κ2) is 5.48. The molecule has 0 aromatic heterocycles. The third kappa shape index (κ3) is 3.00. The van der Waals surface area contributed by atoms with E-state index in [2.05, 4.69) is 34.8 Å². The zero-order valence-corrected chi connectivity index (χ0v) is 11.8. The fourth-order valence-electron chi connectivity index (χ4n) is 0.948. The van der Waals surface area contributed by atoms with Crippen LogP contribution in [0, 0.1) is 0 Å². The van der Waals surface area contributed by atoms with Crippen LogP contribution in [0.25, 0.3) is 0 Å². The molecule has 0 atom stereocenters. The predicted molar refractivity (Wildman–Crippen MR) is 51.1 cm³/mol. The Bertz CT molecular complexity index is 405. The molecule has 0 aliphatic rings. The van der Waals surface area contributed by atoms with E-state index in [4.69, 9.17) is 0 Å². The number of halogens is 16. The lowest BCUT2D eigenvalue weighted by molar-refractivity contribution is -0.375. The maximum atomic E-state index is 13.2. The minimum Gasteiger partial charge on any atom is -0.212 e. The Morgan fingerprint density at radius 3 is 0.652 bits per heavy atom. The molecule has 0 rings (SSSR count). The summed E-state index contributed by atoms with van der Waals surface area (Å²) in [5, 5.41) is -20.1. The highest BCUT2D eigenvalue weighted by molar-refractivity contribution is 6.26. The van der Waals surface area contributed by atoms with E-state index < -0.39 is 39.6 Å². The van der Waals surface area contributed by atoms with Crippen LogP contribution in [0.3, 0.4) is 0 Å². The van der Waals surface area contributed by atoms with Gasteiger partial charge in [0.05, 0.1) is 0 Å². The van der Waals surface area contributed by atoms with Crippen LogP contribution in [-0.2, 0) is 0 Å². The van der Waals surface area contributed by atoms with Crippen molar-refractivity contribution >= 4 is 34.8 Å². The molecule has 0 aliphatic carbocycles. The van der Waals surface area contributed by atoms with Crippen LogP contribution in [0.2, 0.25) is 0 Å². The van der Waals surface area contributed by atoms with Gasteiger partial charge in [-0.2, -0.15) is 52.7 Å². The number of rotatable bonds is 6. The number of hydrogen-bond donors (Lipinski definition) is 0. The molecule has 0 radical (unpaired) electrons. The maximum absolute atomic E-state index is 13.2. The molecule has 0 unspecified atom stereocenters. The summed E-state index contributed by atoms with van der Waals surface area (Å²) in [7, 11) is 0. The van der Waals surface area contributed by atoms with Gasteiger partial charge in [0.2, 0.25) is 0 Å². The fourth-order valence-corrected chi connectivity index (χ4v) is 1.42. The zero-order chi connectivity index (χ0) is 19.5. The third-order valence-electron chi connectivity index (χ3n) is 2.29. The van der Waals surface area contributed by atoms with Gasteiger partial charge in [0.25, 0.3) is 0 Å². The molecule has 0 amide bonds. The van der Waals surface area contributed by atoms with Crippen molar-refractivity contribution in [2.24, 2.45) is 0 Å². The van der Waals surface area contributed by atoms with Gasteiger partial charge in [-0.25, -0.2) is 4.39 Å². The summed E-state index contributed by atoms with van der Waals surface area (Å²) in [5.41, 5.74) is 0. The Morgan fingerprint density at radius 2 is 0.522 bits per heavy atom. The van der Waals surface area contributed by atoms with Crippen LogP contribution in [0.1, 0.15) is 0 Å². The quantitative estimate of drug-likeness (QED) is 0.348. The second-order valence-electron chi connectivity index (χ2n) is 3.87. The van der Waals surface area contributed by atoms with Gasteiger partial charge >= 0.3 is 39.6 Å². The van der Waals surface area contributed by atoms with Gasteiger partial charge in [0.15, 0.2) is 0 Å².